The topological polar surface area (TPSA) is 93.1 Å². The van der Waals surface area contributed by atoms with Gasteiger partial charge in [0.25, 0.3) is 10.1 Å². The highest BCUT2D eigenvalue weighted by atomic mass is 32.2. The van der Waals surface area contributed by atoms with Crippen molar-refractivity contribution in [2.45, 2.75) is 25.4 Å². The maximum absolute atomic E-state index is 12.1. The van der Waals surface area contributed by atoms with Crippen LogP contribution >= 0.6 is 0 Å². The summed E-state index contributed by atoms with van der Waals surface area (Å²) in [5.41, 5.74) is 0. The van der Waals surface area contributed by atoms with Gasteiger partial charge in [-0.05, 0) is 19.3 Å². The second-order valence-electron chi connectivity index (χ2n) is 5.69. The quantitative estimate of drug-likeness (QED) is 0.429. The molecule has 0 amide bonds. The van der Waals surface area contributed by atoms with Gasteiger partial charge in [0.05, 0.1) is 19.1 Å². The zero-order chi connectivity index (χ0) is 16.0. The summed E-state index contributed by atoms with van der Waals surface area (Å²) in [4.78, 5) is 14.1. The van der Waals surface area contributed by atoms with E-state index in [9.17, 15) is 13.2 Å². The summed E-state index contributed by atoms with van der Waals surface area (Å²) in [6, 6.07) is 0. The molecule has 1 fully saturated rings. The van der Waals surface area contributed by atoms with Crippen LogP contribution in [0.25, 0.3) is 0 Å². The number of rotatable bonds is 6. The number of carbonyl (C=O) groups is 1. The fraction of sp³-hybridized carbons (Fsp3) is 0.786. The zero-order valence-electron chi connectivity index (χ0n) is 12.5. The third-order valence-corrected chi connectivity index (χ3v) is 4.59. The van der Waals surface area contributed by atoms with E-state index >= 15 is 0 Å². The van der Waals surface area contributed by atoms with Gasteiger partial charge >= 0.3 is 5.97 Å². The molecular formula is C14H23NO6S. The molecule has 22 heavy (non-hydrogen) atoms. The molecule has 0 aromatic rings. The largest absolute Gasteiger partial charge is 0.459 e. The first-order valence-corrected chi connectivity index (χ1v) is 9.17. The monoisotopic (exact) mass is 333 g/mol. The second kappa shape index (κ2) is 8.05. The molecule has 0 aromatic heterocycles. The normalized spacial score (nSPS) is 24.9. The minimum Gasteiger partial charge on any atom is -0.459 e. The van der Waals surface area contributed by atoms with Crippen molar-refractivity contribution >= 4 is 16.1 Å². The number of ether oxygens (including phenoxy) is 2. The SMILES string of the molecule is O=C(OC(CN1CCOCC1)CS(=O)(=O)O)C1C=CCCC1. The first-order chi connectivity index (χ1) is 10.4. The number of nitrogens with zero attached hydrogens (tertiary/aromatic N) is 1. The average molecular weight is 333 g/mol. The van der Waals surface area contributed by atoms with Gasteiger partial charge in [-0.3, -0.25) is 14.2 Å². The molecule has 2 atom stereocenters. The van der Waals surface area contributed by atoms with Crippen LogP contribution in [0.5, 0.6) is 0 Å². The molecule has 7 nitrogen and oxygen atoms in total. The van der Waals surface area contributed by atoms with Crippen molar-refractivity contribution < 1.29 is 27.2 Å². The lowest BCUT2D eigenvalue weighted by Crippen LogP contribution is -2.44. The van der Waals surface area contributed by atoms with Crippen molar-refractivity contribution in [3.05, 3.63) is 12.2 Å². The van der Waals surface area contributed by atoms with Gasteiger partial charge in [0.2, 0.25) is 0 Å². The van der Waals surface area contributed by atoms with Gasteiger partial charge in [-0.15, -0.1) is 0 Å². The third kappa shape index (κ3) is 6.04. The number of morpholine rings is 1. The average Bonchev–Trinajstić information content (AvgIpc) is 2.47. The van der Waals surface area contributed by atoms with Gasteiger partial charge in [-0.1, -0.05) is 12.2 Å². The van der Waals surface area contributed by atoms with Crippen molar-refractivity contribution in [3.63, 3.8) is 0 Å². The minimum absolute atomic E-state index is 0.283. The Morgan fingerprint density at radius 2 is 2.14 bits per heavy atom. The van der Waals surface area contributed by atoms with Crippen molar-refractivity contribution in [2.75, 3.05) is 38.6 Å². The zero-order valence-corrected chi connectivity index (χ0v) is 13.3. The van der Waals surface area contributed by atoms with Gasteiger partial charge in [-0.25, -0.2) is 0 Å². The Labute approximate surface area is 131 Å². The standard InChI is InChI=1S/C14H23NO6S/c16-14(12-4-2-1-3-5-12)21-13(11-22(17,18)19)10-15-6-8-20-9-7-15/h2,4,12-13H,1,3,5-11H2,(H,17,18,19). The molecule has 1 N–H and O–H groups in total. The Morgan fingerprint density at radius 1 is 1.41 bits per heavy atom. The van der Waals surface area contributed by atoms with Gasteiger partial charge in [0, 0.05) is 19.6 Å². The number of hydrogen-bond donors (Lipinski definition) is 1. The molecule has 0 radical (unpaired) electrons. The van der Waals surface area contributed by atoms with Crippen LogP contribution in [0.1, 0.15) is 19.3 Å². The Hall–Kier alpha value is -0.960. The van der Waals surface area contributed by atoms with Crippen LogP contribution < -0.4 is 0 Å². The van der Waals surface area contributed by atoms with Gasteiger partial charge in [-0.2, -0.15) is 8.42 Å². The molecule has 0 spiro atoms. The number of esters is 1. The maximum atomic E-state index is 12.1. The smallest absolute Gasteiger partial charge is 0.313 e. The summed E-state index contributed by atoms with van der Waals surface area (Å²) in [6.07, 6.45) is 5.47. The Kier molecular flexibility index (Phi) is 6.37. The maximum Gasteiger partial charge on any atom is 0.313 e. The molecule has 0 saturated carbocycles. The van der Waals surface area contributed by atoms with Gasteiger partial charge in [0.1, 0.15) is 11.9 Å². The predicted molar refractivity (Wildman–Crippen MR) is 80.0 cm³/mol. The van der Waals surface area contributed by atoms with E-state index in [-0.39, 0.29) is 12.5 Å². The first kappa shape index (κ1) is 17.4. The number of carbonyl (C=O) groups excluding carboxylic acids is 1. The third-order valence-electron chi connectivity index (χ3n) is 3.80. The van der Waals surface area contributed by atoms with E-state index in [1.165, 1.54) is 0 Å². The van der Waals surface area contributed by atoms with Crippen LogP contribution in [-0.2, 0) is 24.4 Å². The molecule has 2 rings (SSSR count). The molecule has 1 saturated heterocycles. The lowest BCUT2D eigenvalue weighted by atomic mass is 9.96. The van der Waals surface area contributed by atoms with Crippen LogP contribution in [0, 0.1) is 5.92 Å². The van der Waals surface area contributed by atoms with E-state index in [0.717, 1.165) is 12.8 Å². The van der Waals surface area contributed by atoms with Crippen molar-refractivity contribution in [1.82, 2.24) is 4.90 Å². The Balaban J connectivity index is 1.95. The van der Waals surface area contributed by atoms with E-state index in [4.69, 9.17) is 14.0 Å². The molecule has 2 unspecified atom stereocenters. The Bertz CT molecular complexity index is 497. The molecule has 2 aliphatic rings. The van der Waals surface area contributed by atoms with E-state index in [1.54, 1.807) is 0 Å². The van der Waals surface area contributed by atoms with Gasteiger partial charge < -0.3 is 9.47 Å². The van der Waals surface area contributed by atoms with Crippen LogP contribution in [0.3, 0.4) is 0 Å². The highest BCUT2D eigenvalue weighted by molar-refractivity contribution is 7.85. The summed E-state index contributed by atoms with van der Waals surface area (Å²) in [5.74, 6) is -1.31. The summed E-state index contributed by atoms with van der Waals surface area (Å²) in [7, 11) is -4.20. The van der Waals surface area contributed by atoms with E-state index < -0.39 is 27.9 Å². The Morgan fingerprint density at radius 3 is 2.73 bits per heavy atom. The van der Waals surface area contributed by atoms with Crippen molar-refractivity contribution in [1.29, 1.82) is 0 Å². The summed E-state index contributed by atoms with van der Waals surface area (Å²) in [6.45, 7) is 2.73. The molecule has 126 valence electrons. The molecule has 1 aliphatic carbocycles. The lowest BCUT2D eigenvalue weighted by Gasteiger charge is -2.30. The second-order valence-corrected chi connectivity index (χ2v) is 7.18. The lowest BCUT2D eigenvalue weighted by molar-refractivity contribution is -0.152. The highest BCUT2D eigenvalue weighted by Gasteiger charge is 2.27. The number of hydrogen-bond acceptors (Lipinski definition) is 6. The summed E-state index contributed by atoms with van der Waals surface area (Å²) in [5, 5.41) is 0. The van der Waals surface area contributed by atoms with Crippen LogP contribution in [0.15, 0.2) is 12.2 Å². The van der Waals surface area contributed by atoms with Crippen LogP contribution in [0.2, 0.25) is 0 Å². The summed E-state index contributed by atoms with van der Waals surface area (Å²) >= 11 is 0. The van der Waals surface area contributed by atoms with Crippen LogP contribution in [-0.4, -0.2) is 68.5 Å². The van der Waals surface area contributed by atoms with Crippen LogP contribution in [0.4, 0.5) is 0 Å². The molecule has 1 aliphatic heterocycles. The number of allylic oxidation sites excluding steroid dienone is 1. The fourth-order valence-electron chi connectivity index (χ4n) is 2.69. The summed E-state index contributed by atoms with van der Waals surface area (Å²) < 4.78 is 42.0. The molecule has 8 heteroatoms. The fourth-order valence-corrected chi connectivity index (χ4v) is 3.33. The van der Waals surface area contributed by atoms with Crippen molar-refractivity contribution in [3.8, 4) is 0 Å². The van der Waals surface area contributed by atoms with E-state index in [0.29, 0.717) is 32.7 Å². The first-order valence-electron chi connectivity index (χ1n) is 7.56. The highest BCUT2D eigenvalue weighted by Crippen LogP contribution is 2.19. The molecule has 0 aromatic carbocycles. The van der Waals surface area contributed by atoms with E-state index in [1.807, 2.05) is 17.1 Å². The molecule has 0 bridgehead atoms. The molecular weight excluding hydrogens is 310 g/mol. The minimum atomic E-state index is -4.20. The van der Waals surface area contributed by atoms with Crippen molar-refractivity contribution in [2.24, 2.45) is 5.92 Å². The predicted octanol–water partition coefficient (Wildman–Crippen LogP) is 0.475. The molecule has 1 heterocycles. The van der Waals surface area contributed by atoms with E-state index in [2.05, 4.69) is 0 Å². The van der Waals surface area contributed by atoms with Gasteiger partial charge in [0.15, 0.2) is 0 Å².